The molecule has 0 spiro atoms. The van der Waals surface area contributed by atoms with Crippen molar-refractivity contribution in [1.82, 2.24) is 0 Å². The molecule has 332 valence electrons. The zero-order chi connectivity index (χ0) is 43.2. The van der Waals surface area contributed by atoms with Crippen molar-refractivity contribution in [3.63, 3.8) is 0 Å². The van der Waals surface area contributed by atoms with Crippen LogP contribution in [-0.2, 0) is 27.5 Å². The van der Waals surface area contributed by atoms with Crippen molar-refractivity contribution in [2.24, 2.45) is 11.8 Å². The molecule has 0 aromatic carbocycles. The number of epoxide rings is 1. The summed E-state index contributed by atoms with van der Waals surface area (Å²) in [5.74, 6) is -0.240. The van der Waals surface area contributed by atoms with Gasteiger partial charge in [0, 0.05) is 24.4 Å². The first-order valence-corrected chi connectivity index (χ1v) is 30.7. The number of aliphatic hydroxyl groups is 2. The predicted molar refractivity (Wildman–Crippen MR) is 245 cm³/mol. The summed E-state index contributed by atoms with van der Waals surface area (Å²) in [6, 6.07) is 9.47. The molecule has 11 heteroatoms. The average Bonchev–Trinajstić information content (AvgIpc) is 3.97. The highest BCUT2D eigenvalue weighted by atomic mass is 28.4. The van der Waals surface area contributed by atoms with Crippen molar-refractivity contribution in [1.29, 1.82) is 0 Å². The normalized spacial score (nSPS) is 29.9. The lowest BCUT2D eigenvalue weighted by atomic mass is 9.89. The maximum Gasteiger partial charge on any atom is 0.308 e. The molecule has 0 aromatic rings. The van der Waals surface area contributed by atoms with Gasteiger partial charge in [-0.25, -0.2) is 0 Å². The van der Waals surface area contributed by atoms with Gasteiger partial charge in [-0.15, -0.1) is 0 Å². The fourth-order valence-corrected chi connectivity index (χ4v) is 18.1. The van der Waals surface area contributed by atoms with Crippen LogP contribution < -0.4 is 0 Å². The molecule has 57 heavy (non-hydrogen) atoms. The van der Waals surface area contributed by atoms with Crippen LogP contribution in [0.4, 0.5) is 0 Å². The highest BCUT2D eigenvalue weighted by molar-refractivity contribution is 6.74. The van der Waals surface area contributed by atoms with Gasteiger partial charge < -0.3 is 33.0 Å². The molecule has 0 aromatic heterocycles. The summed E-state index contributed by atoms with van der Waals surface area (Å²) in [7, 11) is -5.81. The Morgan fingerprint density at radius 3 is 1.98 bits per heavy atom. The van der Waals surface area contributed by atoms with E-state index in [4.69, 9.17) is 22.8 Å². The van der Waals surface area contributed by atoms with Crippen molar-refractivity contribution in [2.75, 3.05) is 0 Å². The smallest absolute Gasteiger partial charge is 0.308 e. The summed E-state index contributed by atoms with van der Waals surface area (Å²) in [4.78, 5) is 13.7. The van der Waals surface area contributed by atoms with E-state index in [0.29, 0.717) is 18.8 Å². The van der Waals surface area contributed by atoms with Gasteiger partial charge in [-0.3, -0.25) is 4.79 Å². The number of cyclic esters (lactones) is 1. The van der Waals surface area contributed by atoms with Crippen molar-refractivity contribution in [3.8, 4) is 0 Å². The number of carbonyl (C=O) groups is 1. The van der Waals surface area contributed by atoms with Gasteiger partial charge in [0.2, 0.25) is 0 Å². The SMILES string of the molecule is CC[C@H](O[Si](CC)(CC)CC)[C@@H](C)[C@H]1O[C@@H]1C[C@](C)(/C=C/C=C(\C)[C@H]1OC(=O)C[C@H](O[Si](CC)(CC)CC)CC[C@@](C)(O)[C@@H](O)/C=C\[C@@H]1C)O[Si](CC)(CC)CC. The lowest BCUT2D eigenvalue weighted by Crippen LogP contribution is -2.46. The van der Waals surface area contributed by atoms with Crippen LogP contribution in [-0.4, -0.2) is 89.0 Å². The van der Waals surface area contributed by atoms with Gasteiger partial charge in [0.25, 0.3) is 0 Å². The highest BCUT2D eigenvalue weighted by Gasteiger charge is 2.50. The zero-order valence-corrected chi connectivity index (χ0v) is 42.2. The number of hydrogen-bond donors (Lipinski definition) is 2. The van der Waals surface area contributed by atoms with E-state index in [2.05, 4.69) is 95.2 Å². The zero-order valence-electron chi connectivity index (χ0n) is 39.2. The molecule has 2 aliphatic rings. The quantitative estimate of drug-likeness (QED) is 0.0344. The molecule has 0 saturated carbocycles. The highest BCUT2D eigenvalue weighted by Crippen LogP contribution is 2.42. The van der Waals surface area contributed by atoms with E-state index in [1.54, 1.807) is 13.0 Å². The Bertz CT molecular complexity index is 1270. The Morgan fingerprint density at radius 2 is 1.47 bits per heavy atom. The van der Waals surface area contributed by atoms with Gasteiger partial charge in [0.15, 0.2) is 25.0 Å². The van der Waals surface area contributed by atoms with Crippen LogP contribution in [0.15, 0.2) is 36.0 Å². The molecule has 2 aliphatic heterocycles. The minimum absolute atomic E-state index is 0.0988. The molecule has 1 fully saturated rings. The lowest BCUT2D eigenvalue weighted by Gasteiger charge is -2.39. The van der Waals surface area contributed by atoms with E-state index in [0.717, 1.165) is 72.8 Å². The van der Waals surface area contributed by atoms with E-state index in [9.17, 15) is 15.0 Å². The maximum atomic E-state index is 13.7. The van der Waals surface area contributed by atoms with E-state index < -0.39 is 48.4 Å². The Labute approximate surface area is 353 Å². The van der Waals surface area contributed by atoms with Gasteiger partial charge in [0.05, 0.1) is 35.9 Å². The molecule has 0 unspecified atom stereocenters. The molecule has 2 rings (SSSR count). The summed E-state index contributed by atoms with van der Waals surface area (Å²) in [6.45, 7) is 32.7. The maximum absolute atomic E-state index is 13.7. The minimum Gasteiger partial charge on any atom is -0.457 e. The molecule has 2 heterocycles. The molecular formula is C46H88O8Si3. The molecule has 10 atom stereocenters. The number of rotatable bonds is 23. The Balaban J connectivity index is 2.45. The van der Waals surface area contributed by atoms with Crippen molar-refractivity contribution in [2.45, 2.75) is 238 Å². The van der Waals surface area contributed by atoms with Crippen molar-refractivity contribution in [3.05, 3.63) is 36.0 Å². The molecule has 8 nitrogen and oxygen atoms in total. The van der Waals surface area contributed by atoms with Gasteiger partial charge in [0.1, 0.15) is 12.2 Å². The molecule has 0 amide bonds. The van der Waals surface area contributed by atoms with Crippen molar-refractivity contribution < 1.29 is 37.8 Å². The number of esters is 1. The topological polar surface area (TPSA) is 107 Å². The Morgan fingerprint density at radius 1 is 0.930 bits per heavy atom. The lowest BCUT2D eigenvalue weighted by molar-refractivity contribution is -0.151. The van der Waals surface area contributed by atoms with Crippen LogP contribution in [0, 0.1) is 11.8 Å². The first-order valence-electron chi connectivity index (χ1n) is 23.1. The van der Waals surface area contributed by atoms with E-state index in [-0.39, 0.29) is 42.7 Å². The molecule has 2 N–H and O–H groups in total. The fourth-order valence-electron chi connectivity index (χ4n) is 9.12. The Hall–Kier alpha value is -0.899. The third kappa shape index (κ3) is 14.6. The Kier molecular flexibility index (Phi) is 21.4. The van der Waals surface area contributed by atoms with Gasteiger partial charge in [-0.1, -0.05) is 113 Å². The molecule has 0 aliphatic carbocycles. The third-order valence-corrected chi connectivity index (χ3v) is 28.5. The van der Waals surface area contributed by atoms with E-state index in [1.807, 2.05) is 26.0 Å². The second-order valence-corrected chi connectivity index (χ2v) is 32.3. The van der Waals surface area contributed by atoms with E-state index in [1.165, 1.54) is 0 Å². The van der Waals surface area contributed by atoms with Crippen LogP contribution in [0.25, 0.3) is 0 Å². The average molecular weight is 853 g/mol. The van der Waals surface area contributed by atoms with Crippen LogP contribution in [0.2, 0.25) is 54.4 Å². The molecule has 1 saturated heterocycles. The van der Waals surface area contributed by atoms with Gasteiger partial charge >= 0.3 is 5.97 Å². The minimum atomic E-state index is -2.05. The third-order valence-electron chi connectivity index (χ3n) is 14.4. The van der Waals surface area contributed by atoms with Crippen LogP contribution in [0.3, 0.4) is 0 Å². The number of carbonyl (C=O) groups excluding carboxylic acids is 1. The predicted octanol–water partition coefficient (Wildman–Crippen LogP) is 11.7. The van der Waals surface area contributed by atoms with Crippen LogP contribution in [0.1, 0.15) is 136 Å². The van der Waals surface area contributed by atoms with Crippen molar-refractivity contribution >= 4 is 30.9 Å². The first-order chi connectivity index (χ1) is 26.8. The molecular weight excluding hydrogens is 765 g/mol. The second-order valence-electron chi connectivity index (χ2n) is 18.1. The second kappa shape index (κ2) is 23.4. The first kappa shape index (κ1) is 52.2. The summed E-state index contributed by atoms with van der Waals surface area (Å²) >= 11 is 0. The van der Waals surface area contributed by atoms with Gasteiger partial charge in [-0.2, -0.15) is 0 Å². The summed E-state index contributed by atoms with van der Waals surface area (Å²) < 4.78 is 33.9. The largest absolute Gasteiger partial charge is 0.457 e. The number of ether oxygens (including phenoxy) is 2. The van der Waals surface area contributed by atoms with E-state index >= 15 is 0 Å². The number of allylic oxidation sites excluding steroid dienone is 2. The summed E-state index contributed by atoms with van der Waals surface area (Å²) in [5, 5.41) is 22.4. The van der Waals surface area contributed by atoms with Crippen LogP contribution >= 0.6 is 0 Å². The number of aliphatic hydroxyl groups excluding tert-OH is 1. The summed E-state index contributed by atoms with van der Waals surface area (Å²) in [5.41, 5.74) is -0.992. The standard InChI is InChI=1S/C46H88O8Si3/c1-16-39(53-56(20-5,21-6)22-7)37(13)44-40(50-44)34-45(14,54-57(23-8,24-9)25-10)31-26-27-35(11)43-36(12)28-29-41(47)46(15,49)32-30-38(33-42(48)51-43)52-55(17-2,18-3)19-4/h26-29,31,36-41,43-44,47,49H,16-25,30,32-34H2,1-15H3/b29-28-,31-26+,35-27+/t36-,37+,38+,39-,40+,41-,43+,44+,45-,46+/m0/s1. The van der Waals surface area contributed by atoms with Gasteiger partial charge in [-0.05, 0) is 100 Å². The number of hydrogen-bond acceptors (Lipinski definition) is 8. The molecule has 0 radical (unpaired) electrons. The fraction of sp³-hybridized carbons (Fsp3) is 0.848. The molecule has 0 bridgehead atoms. The van der Waals surface area contributed by atoms with Crippen LogP contribution in [0.5, 0.6) is 0 Å². The monoisotopic (exact) mass is 853 g/mol. The summed E-state index contributed by atoms with van der Waals surface area (Å²) in [6.07, 6.45) is 10.9.